The van der Waals surface area contributed by atoms with Gasteiger partial charge in [0.2, 0.25) is 0 Å². The Morgan fingerprint density at radius 3 is 2.90 bits per heavy atom. The molecule has 1 unspecified atom stereocenters. The van der Waals surface area contributed by atoms with E-state index < -0.39 is 0 Å². The van der Waals surface area contributed by atoms with Crippen LogP contribution in [0.4, 0.5) is 0 Å². The minimum absolute atomic E-state index is 0.148. The summed E-state index contributed by atoms with van der Waals surface area (Å²) in [5, 5.41) is 8.81. The lowest BCUT2D eigenvalue weighted by molar-refractivity contribution is 0.0784. The van der Waals surface area contributed by atoms with Crippen LogP contribution in [0, 0.1) is 17.2 Å². The molecule has 106 valence electrons. The Morgan fingerprint density at radius 1 is 1.50 bits per heavy atom. The number of hydrogen-bond donors (Lipinski definition) is 0. The third-order valence-corrected chi connectivity index (χ3v) is 3.55. The highest BCUT2D eigenvalue weighted by molar-refractivity contribution is 9.10. The molecule has 1 amide bonds. The number of hydrogen-bond acceptors (Lipinski definition) is 4. The second-order valence-corrected chi connectivity index (χ2v) is 5.55. The molecular weight excluding hydrogens is 324 g/mol. The van der Waals surface area contributed by atoms with Crippen molar-refractivity contribution in [3.8, 4) is 17.6 Å². The lowest BCUT2D eigenvalue weighted by atomic mass is 10.1. The van der Waals surface area contributed by atoms with E-state index in [1.165, 1.54) is 4.90 Å². The molecule has 0 saturated heterocycles. The molecule has 1 aliphatic heterocycles. The Hall–Kier alpha value is -1.74. The second-order valence-electron chi connectivity index (χ2n) is 4.70. The van der Waals surface area contributed by atoms with Gasteiger partial charge >= 0.3 is 0 Å². The largest absolute Gasteiger partial charge is 0.486 e. The van der Waals surface area contributed by atoms with Crippen LogP contribution in [0.1, 0.15) is 17.3 Å². The molecule has 2 rings (SSSR count). The van der Waals surface area contributed by atoms with Crippen LogP contribution in [0.2, 0.25) is 0 Å². The van der Waals surface area contributed by atoms with E-state index in [9.17, 15) is 4.79 Å². The maximum atomic E-state index is 12.3. The van der Waals surface area contributed by atoms with E-state index in [4.69, 9.17) is 14.7 Å². The predicted octanol–water partition coefficient (Wildman–Crippen LogP) is 2.45. The molecule has 1 atom stereocenters. The zero-order chi connectivity index (χ0) is 14.7. The van der Waals surface area contributed by atoms with Crippen molar-refractivity contribution in [1.82, 2.24) is 4.90 Å². The molecule has 1 heterocycles. The van der Waals surface area contributed by atoms with Crippen molar-refractivity contribution in [2.75, 3.05) is 26.8 Å². The van der Waals surface area contributed by atoms with Gasteiger partial charge in [-0.1, -0.05) is 0 Å². The highest BCUT2D eigenvalue weighted by Crippen LogP contribution is 2.38. The summed E-state index contributed by atoms with van der Waals surface area (Å²) in [6, 6.07) is 5.50. The van der Waals surface area contributed by atoms with Crippen molar-refractivity contribution >= 4 is 21.8 Å². The SMILES string of the molecule is CC(C#N)CN(C)C(=O)c1cc(Br)c2c(c1)OCCO2. The minimum atomic E-state index is -0.204. The first-order valence-corrected chi connectivity index (χ1v) is 7.06. The van der Waals surface area contributed by atoms with Crippen LogP contribution < -0.4 is 9.47 Å². The second kappa shape index (κ2) is 6.14. The molecule has 0 N–H and O–H groups in total. The fraction of sp³-hybridized carbons (Fsp3) is 0.429. The van der Waals surface area contributed by atoms with Crippen LogP contribution in [-0.2, 0) is 0 Å². The molecule has 0 spiro atoms. The Kier molecular flexibility index (Phi) is 4.50. The molecule has 0 saturated carbocycles. The van der Waals surface area contributed by atoms with Gasteiger partial charge in [0, 0.05) is 19.2 Å². The van der Waals surface area contributed by atoms with E-state index in [2.05, 4.69) is 22.0 Å². The fourth-order valence-electron chi connectivity index (χ4n) is 1.99. The molecule has 5 nitrogen and oxygen atoms in total. The van der Waals surface area contributed by atoms with E-state index in [1.807, 2.05) is 0 Å². The zero-order valence-corrected chi connectivity index (χ0v) is 12.9. The quantitative estimate of drug-likeness (QED) is 0.849. The van der Waals surface area contributed by atoms with Gasteiger partial charge in [-0.05, 0) is 35.0 Å². The van der Waals surface area contributed by atoms with E-state index in [1.54, 1.807) is 26.1 Å². The summed E-state index contributed by atoms with van der Waals surface area (Å²) in [5.41, 5.74) is 0.508. The van der Waals surface area contributed by atoms with Crippen molar-refractivity contribution in [3.05, 3.63) is 22.2 Å². The van der Waals surface area contributed by atoms with Gasteiger partial charge in [0.05, 0.1) is 16.5 Å². The molecule has 0 radical (unpaired) electrons. The third kappa shape index (κ3) is 3.05. The maximum absolute atomic E-state index is 12.3. The van der Waals surface area contributed by atoms with Crippen LogP contribution >= 0.6 is 15.9 Å². The van der Waals surface area contributed by atoms with Crippen LogP contribution in [0.15, 0.2) is 16.6 Å². The number of carbonyl (C=O) groups is 1. The summed E-state index contributed by atoms with van der Waals surface area (Å²) < 4.78 is 11.7. The first-order chi connectivity index (χ1) is 9.52. The molecule has 1 aromatic rings. The number of nitrogens with zero attached hydrogens (tertiary/aromatic N) is 2. The average Bonchev–Trinajstić information content (AvgIpc) is 2.46. The van der Waals surface area contributed by atoms with E-state index in [0.717, 1.165) is 0 Å². The topological polar surface area (TPSA) is 62.6 Å². The number of fused-ring (bicyclic) bond motifs is 1. The molecule has 20 heavy (non-hydrogen) atoms. The molecule has 0 aromatic heterocycles. The Balaban J connectivity index is 2.22. The normalized spacial score (nSPS) is 14.3. The molecule has 1 aliphatic rings. The minimum Gasteiger partial charge on any atom is -0.486 e. The van der Waals surface area contributed by atoms with Gasteiger partial charge in [-0.3, -0.25) is 4.79 Å². The Bertz CT molecular complexity index is 568. The van der Waals surface area contributed by atoms with E-state index >= 15 is 0 Å². The monoisotopic (exact) mass is 338 g/mol. The van der Waals surface area contributed by atoms with Gasteiger partial charge in [0.1, 0.15) is 13.2 Å². The summed E-state index contributed by atoms with van der Waals surface area (Å²) in [7, 11) is 1.68. The number of amides is 1. The van der Waals surface area contributed by atoms with Gasteiger partial charge in [-0.2, -0.15) is 5.26 Å². The lowest BCUT2D eigenvalue weighted by Gasteiger charge is -2.22. The van der Waals surface area contributed by atoms with Crippen molar-refractivity contribution < 1.29 is 14.3 Å². The highest BCUT2D eigenvalue weighted by Gasteiger charge is 2.21. The van der Waals surface area contributed by atoms with Crippen molar-refractivity contribution in [2.45, 2.75) is 6.92 Å². The van der Waals surface area contributed by atoms with E-state index in [-0.39, 0.29) is 11.8 Å². The molecule has 0 bridgehead atoms. The molecule has 0 aliphatic carbocycles. The van der Waals surface area contributed by atoms with Crippen molar-refractivity contribution in [1.29, 1.82) is 5.26 Å². The fourth-order valence-corrected chi connectivity index (χ4v) is 2.55. The van der Waals surface area contributed by atoms with E-state index in [0.29, 0.717) is 41.3 Å². The number of rotatable bonds is 3. The summed E-state index contributed by atoms with van der Waals surface area (Å²) in [6.45, 7) is 3.14. The van der Waals surface area contributed by atoms with Crippen LogP contribution in [0.25, 0.3) is 0 Å². The van der Waals surface area contributed by atoms with Gasteiger partial charge in [0.15, 0.2) is 11.5 Å². The number of halogens is 1. The zero-order valence-electron chi connectivity index (χ0n) is 11.4. The predicted molar refractivity (Wildman–Crippen MR) is 76.9 cm³/mol. The highest BCUT2D eigenvalue weighted by atomic mass is 79.9. The van der Waals surface area contributed by atoms with Crippen LogP contribution in [-0.4, -0.2) is 37.6 Å². The van der Waals surface area contributed by atoms with Gasteiger partial charge in [-0.15, -0.1) is 0 Å². The Morgan fingerprint density at radius 2 is 2.20 bits per heavy atom. The van der Waals surface area contributed by atoms with Crippen molar-refractivity contribution in [3.63, 3.8) is 0 Å². The summed E-state index contributed by atoms with van der Waals surface area (Å²) in [6.07, 6.45) is 0. The molecule has 0 fully saturated rings. The number of carbonyl (C=O) groups excluding carboxylic acids is 1. The standard InChI is InChI=1S/C14H15BrN2O3/c1-9(7-16)8-17(2)14(18)10-5-11(15)13-12(6-10)19-3-4-20-13/h5-6,9H,3-4,8H2,1-2H3. The third-order valence-electron chi connectivity index (χ3n) is 2.96. The number of ether oxygens (including phenoxy) is 2. The first kappa shape index (κ1) is 14.7. The van der Waals surface area contributed by atoms with Gasteiger partial charge in [0.25, 0.3) is 5.91 Å². The average molecular weight is 339 g/mol. The molecule has 6 heteroatoms. The van der Waals surface area contributed by atoms with Crippen LogP contribution in [0.5, 0.6) is 11.5 Å². The Labute approximate surface area is 126 Å². The maximum Gasteiger partial charge on any atom is 0.253 e. The molecule has 1 aromatic carbocycles. The van der Waals surface area contributed by atoms with Crippen LogP contribution in [0.3, 0.4) is 0 Å². The number of benzene rings is 1. The smallest absolute Gasteiger partial charge is 0.253 e. The first-order valence-electron chi connectivity index (χ1n) is 6.27. The summed E-state index contributed by atoms with van der Waals surface area (Å²) >= 11 is 3.39. The summed E-state index contributed by atoms with van der Waals surface area (Å²) in [4.78, 5) is 13.9. The summed E-state index contributed by atoms with van der Waals surface area (Å²) in [5.74, 6) is 0.839. The molecular formula is C14H15BrN2O3. The van der Waals surface area contributed by atoms with Gasteiger partial charge in [-0.25, -0.2) is 0 Å². The lowest BCUT2D eigenvalue weighted by Crippen LogP contribution is -2.30. The number of nitriles is 1. The van der Waals surface area contributed by atoms with Crippen molar-refractivity contribution in [2.24, 2.45) is 5.92 Å². The van der Waals surface area contributed by atoms with Gasteiger partial charge < -0.3 is 14.4 Å².